The summed E-state index contributed by atoms with van der Waals surface area (Å²) in [6, 6.07) is 12.0. The van der Waals surface area contributed by atoms with Crippen LogP contribution >= 0.6 is 23.2 Å². The van der Waals surface area contributed by atoms with Gasteiger partial charge in [-0.3, -0.25) is 9.79 Å². The lowest BCUT2D eigenvalue weighted by Crippen LogP contribution is -2.35. The molecule has 0 aliphatic rings. The molecule has 0 radical (unpaired) electrons. The monoisotopic (exact) mass is 408 g/mol. The van der Waals surface area contributed by atoms with Gasteiger partial charge < -0.3 is 21.1 Å². The lowest BCUT2D eigenvalue weighted by atomic mass is 10.1. The van der Waals surface area contributed by atoms with E-state index in [9.17, 15) is 4.79 Å². The zero-order chi connectivity index (χ0) is 19.8. The van der Waals surface area contributed by atoms with E-state index in [4.69, 9.17) is 33.7 Å². The van der Waals surface area contributed by atoms with Crippen molar-refractivity contribution in [3.05, 3.63) is 63.6 Å². The number of carbonyl (C=O) groups excluding carboxylic acids is 1. The smallest absolute Gasteiger partial charge is 0.251 e. The summed E-state index contributed by atoms with van der Waals surface area (Å²) in [6.07, 6.45) is 0. The van der Waals surface area contributed by atoms with Gasteiger partial charge in [-0.25, -0.2) is 0 Å². The average Bonchev–Trinajstić information content (AvgIpc) is 2.65. The van der Waals surface area contributed by atoms with Crippen LogP contribution in [-0.2, 0) is 0 Å². The first-order valence-electron chi connectivity index (χ1n) is 8.34. The first kappa shape index (κ1) is 20.9. The van der Waals surface area contributed by atoms with Crippen LogP contribution in [-0.4, -0.2) is 32.1 Å². The standard InChI is InChI=1S/C19H22Cl2N4O2/c1-12(16-8-5-14(20)11-17(16)21)25-19(22)24-10-9-23-18(26)13-3-6-15(27-2)7-4-13/h3-8,11-12H,9-10H2,1-2H3,(H,23,26)(H3,22,24,25). The maximum Gasteiger partial charge on any atom is 0.251 e. The summed E-state index contributed by atoms with van der Waals surface area (Å²) in [6.45, 7) is 2.63. The summed E-state index contributed by atoms with van der Waals surface area (Å²) >= 11 is 12.1. The Labute approximate surface area is 168 Å². The number of benzene rings is 2. The Morgan fingerprint density at radius 1 is 1.22 bits per heavy atom. The summed E-state index contributed by atoms with van der Waals surface area (Å²) < 4.78 is 5.07. The number of nitrogens with zero attached hydrogens (tertiary/aromatic N) is 1. The molecular weight excluding hydrogens is 387 g/mol. The van der Waals surface area contributed by atoms with Crippen molar-refractivity contribution in [2.75, 3.05) is 20.2 Å². The van der Waals surface area contributed by atoms with Gasteiger partial charge in [0.15, 0.2) is 5.96 Å². The third-order valence-electron chi connectivity index (χ3n) is 3.83. The zero-order valence-corrected chi connectivity index (χ0v) is 16.6. The molecule has 0 aliphatic carbocycles. The molecule has 2 rings (SSSR count). The highest BCUT2D eigenvalue weighted by Crippen LogP contribution is 2.25. The van der Waals surface area contributed by atoms with Crippen LogP contribution in [0.25, 0.3) is 0 Å². The van der Waals surface area contributed by atoms with Crippen molar-refractivity contribution in [2.45, 2.75) is 13.0 Å². The molecule has 27 heavy (non-hydrogen) atoms. The van der Waals surface area contributed by atoms with Crippen LogP contribution in [0.4, 0.5) is 0 Å². The first-order valence-corrected chi connectivity index (χ1v) is 9.10. The summed E-state index contributed by atoms with van der Waals surface area (Å²) in [5, 5.41) is 6.98. The first-order chi connectivity index (χ1) is 12.9. The second kappa shape index (κ2) is 10.0. The maximum absolute atomic E-state index is 12.0. The molecule has 6 nitrogen and oxygen atoms in total. The van der Waals surface area contributed by atoms with E-state index in [1.54, 1.807) is 43.5 Å². The van der Waals surface area contributed by atoms with Gasteiger partial charge in [-0.2, -0.15) is 0 Å². The van der Waals surface area contributed by atoms with Crippen molar-refractivity contribution in [1.29, 1.82) is 0 Å². The second-order valence-corrected chi connectivity index (χ2v) is 6.63. The van der Waals surface area contributed by atoms with Gasteiger partial charge in [0.05, 0.1) is 19.7 Å². The fraction of sp³-hybridized carbons (Fsp3) is 0.263. The predicted octanol–water partition coefficient (Wildman–Crippen LogP) is 3.40. The molecule has 144 valence electrons. The van der Waals surface area contributed by atoms with E-state index in [1.165, 1.54) is 0 Å². The third-order valence-corrected chi connectivity index (χ3v) is 4.39. The van der Waals surface area contributed by atoms with E-state index >= 15 is 0 Å². The normalized spacial score (nSPS) is 12.4. The minimum absolute atomic E-state index is 0.132. The van der Waals surface area contributed by atoms with Crippen molar-refractivity contribution < 1.29 is 9.53 Å². The molecule has 0 spiro atoms. The topological polar surface area (TPSA) is 88.7 Å². The van der Waals surface area contributed by atoms with E-state index in [2.05, 4.69) is 15.6 Å². The number of amides is 1. The Hall–Kier alpha value is -2.44. The average molecular weight is 409 g/mol. The molecule has 0 aromatic heterocycles. The van der Waals surface area contributed by atoms with Gasteiger partial charge in [-0.05, 0) is 48.9 Å². The lowest BCUT2D eigenvalue weighted by Gasteiger charge is -2.16. The van der Waals surface area contributed by atoms with E-state index in [1.807, 2.05) is 13.0 Å². The Morgan fingerprint density at radius 2 is 1.93 bits per heavy atom. The maximum atomic E-state index is 12.0. The van der Waals surface area contributed by atoms with Crippen LogP contribution in [0, 0.1) is 0 Å². The van der Waals surface area contributed by atoms with Crippen LogP contribution < -0.4 is 21.1 Å². The number of rotatable bonds is 7. The van der Waals surface area contributed by atoms with Crippen LogP contribution in [0.3, 0.4) is 0 Å². The summed E-state index contributed by atoms with van der Waals surface area (Å²) in [4.78, 5) is 16.3. The van der Waals surface area contributed by atoms with Gasteiger partial charge in [0.2, 0.25) is 0 Å². The number of methoxy groups -OCH3 is 1. The van der Waals surface area contributed by atoms with E-state index in [-0.39, 0.29) is 17.9 Å². The number of nitrogens with two attached hydrogens (primary N) is 1. The highest BCUT2D eigenvalue weighted by atomic mass is 35.5. The third kappa shape index (κ3) is 6.34. The Balaban J connectivity index is 1.80. The number of halogens is 2. The summed E-state index contributed by atoms with van der Waals surface area (Å²) in [5.41, 5.74) is 7.32. The number of aliphatic imine (C=N–C) groups is 1. The fourth-order valence-corrected chi connectivity index (χ4v) is 2.96. The van der Waals surface area contributed by atoms with Crippen molar-refractivity contribution in [3.8, 4) is 5.75 Å². The summed E-state index contributed by atoms with van der Waals surface area (Å²) in [7, 11) is 1.58. The molecule has 1 atom stereocenters. The molecule has 0 heterocycles. The van der Waals surface area contributed by atoms with Crippen molar-refractivity contribution in [3.63, 3.8) is 0 Å². The van der Waals surface area contributed by atoms with Gasteiger partial charge in [-0.15, -0.1) is 0 Å². The predicted molar refractivity (Wildman–Crippen MR) is 110 cm³/mol. The molecule has 0 saturated carbocycles. The molecule has 2 aromatic carbocycles. The molecule has 0 fully saturated rings. The molecule has 0 aliphatic heterocycles. The second-order valence-electron chi connectivity index (χ2n) is 5.78. The zero-order valence-electron chi connectivity index (χ0n) is 15.1. The van der Waals surface area contributed by atoms with Gasteiger partial charge in [0, 0.05) is 22.2 Å². The molecule has 2 aromatic rings. The van der Waals surface area contributed by atoms with Gasteiger partial charge in [-0.1, -0.05) is 29.3 Å². The molecule has 4 N–H and O–H groups in total. The van der Waals surface area contributed by atoms with Gasteiger partial charge in [0.1, 0.15) is 5.75 Å². The highest BCUT2D eigenvalue weighted by Gasteiger charge is 2.10. The van der Waals surface area contributed by atoms with Crippen LogP contribution in [0.2, 0.25) is 10.0 Å². The van der Waals surface area contributed by atoms with E-state index in [0.717, 1.165) is 5.56 Å². The molecular formula is C19H22Cl2N4O2. The number of carbonyl (C=O) groups is 1. The van der Waals surface area contributed by atoms with Gasteiger partial charge in [0.25, 0.3) is 5.91 Å². The quantitative estimate of drug-likeness (QED) is 0.372. The molecule has 1 amide bonds. The van der Waals surface area contributed by atoms with Crippen LogP contribution in [0.15, 0.2) is 47.5 Å². The Kier molecular flexibility index (Phi) is 7.76. The Morgan fingerprint density at radius 3 is 2.56 bits per heavy atom. The molecule has 0 saturated heterocycles. The number of ether oxygens (including phenoxy) is 1. The van der Waals surface area contributed by atoms with Crippen LogP contribution in [0.1, 0.15) is 28.9 Å². The number of guanidine groups is 1. The molecule has 1 unspecified atom stereocenters. The SMILES string of the molecule is COc1ccc(C(=O)NCCN=C(N)NC(C)c2ccc(Cl)cc2Cl)cc1. The van der Waals surface area contributed by atoms with Crippen molar-refractivity contribution in [1.82, 2.24) is 10.6 Å². The lowest BCUT2D eigenvalue weighted by molar-refractivity contribution is 0.0955. The van der Waals surface area contributed by atoms with Crippen molar-refractivity contribution >= 4 is 35.1 Å². The van der Waals surface area contributed by atoms with Gasteiger partial charge >= 0.3 is 0 Å². The van der Waals surface area contributed by atoms with Crippen LogP contribution in [0.5, 0.6) is 5.75 Å². The minimum atomic E-state index is -0.180. The minimum Gasteiger partial charge on any atom is -0.497 e. The largest absolute Gasteiger partial charge is 0.497 e. The molecule has 0 bridgehead atoms. The van der Waals surface area contributed by atoms with E-state index in [0.29, 0.717) is 34.4 Å². The summed E-state index contributed by atoms with van der Waals surface area (Å²) in [5.74, 6) is 0.790. The number of hydrogen-bond donors (Lipinski definition) is 3. The van der Waals surface area contributed by atoms with Crippen molar-refractivity contribution in [2.24, 2.45) is 10.7 Å². The number of hydrogen-bond acceptors (Lipinski definition) is 3. The van der Waals surface area contributed by atoms with E-state index < -0.39 is 0 Å². The molecule has 8 heteroatoms. The Bertz CT molecular complexity index is 810. The number of nitrogens with one attached hydrogen (secondary N) is 2. The fourth-order valence-electron chi connectivity index (χ4n) is 2.39. The highest BCUT2D eigenvalue weighted by molar-refractivity contribution is 6.35.